The topological polar surface area (TPSA) is 62.7 Å². The lowest BCUT2D eigenvalue weighted by atomic mass is 10.1. The number of ether oxygens (including phenoxy) is 1. The van der Waals surface area contributed by atoms with Gasteiger partial charge in [0.05, 0.1) is 11.0 Å². The Labute approximate surface area is 177 Å². The van der Waals surface area contributed by atoms with Gasteiger partial charge in [0.15, 0.2) is 0 Å². The van der Waals surface area contributed by atoms with Crippen molar-refractivity contribution in [2.45, 2.75) is 39.2 Å². The van der Waals surface area contributed by atoms with Crippen LogP contribution in [0.15, 0.2) is 42.6 Å². The number of carbonyl (C=O) groups is 2. The Morgan fingerprint density at radius 3 is 2.70 bits per heavy atom. The van der Waals surface area contributed by atoms with Gasteiger partial charge in [0, 0.05) is 38.6 Å². The fraction of sp³-hybridized carbons (Fsp3) is 0.458. The summed E-state index contributed by atoms with van der Waals surface area (Å²) < 4.78 is 6.03. The minimum atomic E-state index is -0.352. The van der Waals surface area contributed by atoms with E-state index in [1.54, 1.807) is 12.3 Å². The van der Waals surface area contributed by atoms with Crippen molar-refractivity contribution in [1.82, 2.24) is 14.8 Å². The molecule has 1 aromatic heterocycles. The molecule has 1 aliphatic carbocycles. The third-order valence-electron chi connectivity index (χ3n) is 6.14. The molecule has 2 heterocycles. The molecule has 1 saturated carbocycles. The van der Waals surface area contributed by atoms with Gasteiger partial charge in [-0.3, -0.25) is 14.6 Å². The maximum Gasteiger partial charge on any atom is 0.255 e. The molecule has 4 rings (SSSR count). The van der Waals surface area contributed by atoms with Crippen LogP contribution in [0, 0.1) is 12.3 Å². The van der Waals surface area contributed by atoms with Gasteiger partial charge in [-0.2, -0.15) is 0 Å². The maximum atomic E-state index is 13.3. The molecule has 30 heavy (non-hydrogen) atoms. The SMILES string of the molecule is Cc1ncccc1C(=O)N1CCCCN(C)C(=O)C2(CC2)COc2cccc(c2)C1. The van der Waals surface area contributed by atoms with Crippen molar-refractivity contribution >= 4 is 11.8 Å². The zero-order chi connectivity index (χ0) is 21.1. The molecule has 1 fully saturated rings. The van der Waals surface area contributed by atoms with E-state index in [4.69, 9.17) is 4.74 Å². The Hall–Kier alpha value is -2.89. The summed E-state index contributed by atoms with van der Waals surface area (Å²) in [6.07, 6.45) is 5.18. The number of carbonyl (C=O) groups excluding carboxylic acids is 2. The largest absolute Gasteiger partial charge is 0.492 e. The van der Waals surface area contributed by atoms with E-state index in [2.05, 4.69) is 4.98 Å². The van der Waals surface area contributed by atoms with Crippen LogP contribution in [0.5, 0.6) is 5.75 Å². The number of aromatic nitrogens is 1. The second-order valence-corrected chi connectivity index (χ2v) is 8.51. The highest BCUT2D eigenvalue weighted by Crippen LogP contribution is 2.47. The minimum Gasteiger partial charge on any atom is -0.492 e. The lowest BCUT2D eigenvalue weighted by Gasteiger charge is -2.27. The van der Waals surface area contributed by atoms with Crippen molar-refractivity contribution < 1.29 is 14.3 Å². The highest BCUT2D eigenvalue weighted by molar-refractivity contribution is 5.95. The minimum absolute atomic E-state index is 0.0135. The molecule has 2 bridgehead atoms. The first-order valence-electron chi connectivity index (χ1n) is 10.7. The monoisotopic (exact) mass is 407 g/mol. The molecule has 0 unspecified atom stereocenters. The maximum absolute atomic E-state index is 13.3. The number of hydrogen-bond acceptors (Lipinski definition) is 4. The lowest BCUT2D eigenvalue weighted by Crippen LogP contribution is -2.38. The van der Waals surface area contributed by atoms with Crippen LogP contribution in [-0.2, 0) is 11.3 Å². The second-order valence-electron chi connectivity index (χ2n) is 8.51. The van der Waals surface area contributed by atoms with E-state index in [-0.39, 0.29) is 17.2 Å². The predicted molar refractivity (Wildman–Crippen MR) is 114 cm³/mol. The summed E-state index contributed by atoms with van der Waals surface area (Å²) >= 11 is 0. The highest BCUT2D eigenvalue weighted by atomic mass is 16.5. The Morgan fingerprint density at radius 2 is 1.93 bits per heavy atom. The number of nitrogens with zero attached hydrogens (tertiary/aromatic N) is 3. The standard InChI is InChI=1S/C24H29N3O3/c1-18-21(9-6-12-25-18)22(28)27-14-4-3-13-26(2)23(29)24(10-11-24)17-30-20-8-5-7-19(15-20)16-27/h5-9,12,15H,3-4,10-11,13-14,16-17H2,1-2H3. The molecule has 1 aromatic carbocycles. The second kappa shape index (κ2) is 8.46. The number of rotatable bonds is 1. The molecular weight excluding hydrogens is 378 g/mol. The summed E-state index contributed by atoms with van der Waals surface area (Å²) in [7, 11) is 1.87. The first-order chi connectivity index (χ1) is 14.5. The number of aryl methyl sites for hydroxylation is 1. The van der Waals surface area contributed by atoms with E-state index >= 15 is 0 Å². The molecule has 1 aliphatic heterocycles. The van der Waals surface area contributed by atoms with E-state index < -0.39 is 0 Å². The van der Waals surface area contributed by atoms with Crippen LogP contribution in [0.4, 0.5) is 0 Å². The van der Waals surface area contributed by atoms with Crippen molar-refractivity contribution in [2.24, 2.45) is 5.41 Å². The van der Waals surface area contributed by atoms with Crippen LogP contribution in [-0.4, -0.2) is 53.3 Å². The third-order valence-corrected chi connectivity index (χ3v) is 6.14. The van der Waals surface area contributed by atoms with Crippen LogP contribution in [0.3, 0.4) is 0 Å². The van der Waals surface area contributed by atoms with Crippen molar-refractivity contribution in [3.05, 3.63) is 59.4 Å². The molecule has 2 amide bonds. The van der Waals surface area contributed by atoms with Gasteiger partial charge >= 0.3 is 0 Å². The number of benzene rings is 1. The molecule has 0 radical (unpaired) electrons. The Balaban J connectivity index is 1.59. The predicted octanol–water partition coefficient (Wildman–Crippen LogP) is 3.44. The average molecular weight is 408 g/mol. The van der Waals surface area contributed by atoms with Gasteiger partial charge in [-0.1, -0.05) is 12.1 Å². The summed E-state index contributed by atoms with van der Waals surface area (Å²) in [5.41, 5.74) is 2.04. The van der Waals surface area contributed by atoms with Crippen LogP contribution in [0.25, 0.3) is 0 Å². The molecule has 0 atom stereocenters. The number of amides is 2. The molecule has 0 N–H and O–H groups in total. The van der Waals surface area contributed by atoms with Crippen LogP contribution in [0.2, 0.25) is 0 Å². The Kier molecular flexibility index (Phi) is 5.75. The van der Waals surface area contributed by atoms with Gasteiger partial charge in [0.2, 0.25) is 5.91 Å². The summed E-state index contributed by atoms with van der Waals surface area (Å²) in [4.78, 5) is 34.1. The van der Waals surface area contributed by atoms with Gasteiger partial charge in [-0.15, -0.1) is 0 Å². The molecule has 2 aromatic rings. The molecule has 6 nitrogen and oxygen atoms in total. The Bertz CT molecular complexity index is 939. The fourth-order valence-corrected chi connectivity index (χ4v) is 4.04. The first kappa shape index (κ1) is 20.4. The van der Waals surface area contributed by atoms with Crippen LogP contribution >= 0.6 is 0 Å². The molecule has 0 saturated heterocycles. The highest BCUT2D eigenvalue weighted by Gasteiger charge is 2.52. The van der Waals surface area contributed by atoms with E-state index in [1.807, 2.05) is 54.1 Å². The van der Waals surface area contributed by atoms with E-state index in [0.29, 0.717) is 31.8 Å². The summed E-state index contributed by atoms with van der Waals surface area (Å²) in [5, 5.41) is 0. The van der Waals surface area contributed by atoms with Crippen LogP contribution < -0.4 is 4.74 Å². The van der Waals surface area contributed by atoms with Gasteiger partial charge in [-0.05, 0) is 62.4 Å². The zero-order valence-electron chi connectivity index (χ0n) is 17.8. The van der Waals surface area contributed by atoms with E-state index in [0.717, 1.165) is 42.7 Å². The third kappa shape index (κ3) is 4.32. The summed E-state index contributed by atoms with van der Waals surface area (Å²) in [6.45, 7) is 4.12. The Morgan fingerprint density at radius 1 is 1.13 bits per heavy atom. The number of hydrogen-bond donors (Lipinski definition) is 0. The van der Waals surface area contributed by atoms with Gasteiger partial charge in [0.1, 0.15) is 12.4 Å². The molecule has 6 heteroatoms. The smallest absolute Gasteiger partial charge is 0.255 e. The van der Waals surface area contributed by atoms with Crippen molar-refractivity contribution in [1.29, 1.82) is 0 Å². The fourth-order valence-electron chi connectivity index (χ4n) is 4.04. The zero-order valence-corrected chi connectivity index (χ0v) is 17.8. The molecule has 158 valence electrons. The van der Waals surface area contributed by atoms with Crippen molar-refractivity contribution in [3.8, 4) is 5.75 Å². The first-order valence-corrected chi connectivity index (χ1v) is 10.7. The van der Waals surface area contributed by atoms with Gasteiger partial charge in [-0.25, -0.2) is 0 Å². The van der Waals surface area contributed by atoms with Gasteiger partial charge < -0.3 is 14.5 Å². The van der Waals surface area contributed by atoms with Crippen molar-refractivity contribution in [2.75, 3.05) is 26.7 Å². The summed E-state index contributed by atoms with van der Waals surface area (Å²) in [6, 6.07) is 11.5. The molecule has 2 aliphatic rings. The van der Waals surface area contributed by atoms with Gasteiger partial charge in [0.25, 0.3) is 5.91 Å². The molecule has 1 spiro atoms. The quantitative estimate of drug-likeness (QED) is 0.726. The van der Waals surface area contributed by atoms with Crippen LogP contribution in [0.1, 0.15) is 47.3 Å². The van der Waals surface area contributed by atoms with E-state index in [1.165, 1.54) is 0 Å². The number of fused-ring (bicyclic) bond motifs is 2. The van der Waals surface area contributed by atoms with Crippen molar-refractivity contribution in [3.63, 3.8) is 0 Å². The lowest BCUT2D eigenvalue weighted by molar-refractivity contribution is -0.136. The average Bonchev–Trinajstić information content (AvgIpc) is 3.54. The number of pyridine rings is 1. The normalized spacial score (nSPS) is 19.2. The van der Waals surface area contributed by atoms with E-state index in [9.17, 15) is 9.59 Å². The molecular formula is C24H29N3O3. The summed E-state index contributed by atoms with van der Waals surface area (Å²) in [5.74, 6) is 0.909.